The number of ether oxygens (including phenoxy) is 2. The molecule has 0 aliphatic heterocycles. The molecule has 0 aliphatic rings. The Labute approximate surface area is 167 Å². The van der Waals surface area contributed by atoms with Gasteiger partial charge in [-0.05, 0) is 55.5 Å². The Kier molecular flexibility index (Phi) is 6.50. The molecule has 0 aliphatic carbocycles. The van der Waals surface area contributed by atoms with E-state index in [-0.39, 0.29) is 12.5 Å². The lowest BCUT2D eigenvalue weighted by Crippen LogP contribution is -2.13. The van der Waals surface area contributed by atoms with E-state index in [1.165, 1.54) is 18.2 Å². The van der Waals surface area contributed by atoms with Crippen LogP contribution in [0.2, 0.25) is 5.02 Å². The molecule has 0 atom stereocenters. The monoisotopic (exact) mass is 399 g/mol. The van der Waals surface area contributed by atoms with Gasteiger partial charge in [0, 0.05) is 16.8 Å². The van der Waals surface area contributed by atoms with Crippen LogP contribution in [0.4, 0.5) is 10.1 Å². The number of rotatable bonds is 7. The maximum atomic E-state index is 13.3. The summed E-state index contributed by atoms with van der Waals surface area (Å²) in [4.78, 5) is 12.5. The van der Waals surface area contributed by atoms with Gasteiger partial charge in [-0.3, -0.25) is 4.79 Å². The smallest absolute Gasteiger partial charge is 0.255 e. The highest BCUT2D eigenvalue weighted by atomic mass is 35.5. The molecule has 0 saturated carbocycles. The number of hydrogen-bond acceptors (Lipinski definition) is 3. The van der Waals surface area contributed by atoms with Crippen LogP contribution in [-0.2, 0) is 6.61 Å². The van der Waals surface area contributed by atoms with Crippen LogP contribution in [0.15, 0.2) is 66.7 Å². The SMILES string of the molecule is CCOc1ccc(C(=O)Nc2cccc(F)c2)cc1COc1ccccc1Cl. The first-order valence-corrected chi connectivity index (χ1v) is 9.14. The zero-order valence-electron chi connectivity index (χ0n) is 15.2. The van der Waals surface area contributed by atoms with E-state index in [0.29, 0.717) is 39.9 Å². The van der Waals surface area contributed by atoms with Gasteiger partial charge in [0.2, 0.25) is 0 Å². The number of halogens is 2. The van der Waals surface area contributed by atoms with Crippen LogP contribution in [0, 0.1) is 5.82 Å². The molecule has 3 aromatic carbocycles. The Morgan fingerprint density at radius 2 is 1.82 bits per heavy atom. The van der Waals surface area contributed by atoms with Crippen molar-refractivity contribution < 1.29 is 18.7 Å². The zero-order valence-corrected chi connectivity index (χ0v) is 16.0. The second-order valence-corrected chi connectivity index (χ2v) is 6.35. The molecule has 1 amide bonds. The molecule has 3 aromatic rings. The third kappa shape index (κ3) is 5.02. The van der Waals surface area contributed by atoms with Crippen LogP contribution >= 0.6 is 11.6 Å². The molecule has 0 unspecified atom stereocenters. The number of para-hydroxylation sites is 1. The Hall–Kier alpha value is -3.05. The molecule has 0 radical (unpaired) electrons. The second kappa shape index (κ2) is 9.24. The van der Waals surface area contributed by atoms with E-state index >= 15 is 0 Å². The van der Waals surface area contributed by atoms with Crippen molar-refractivity contribution in [3.8, 4) is 11.5 Å². The summed E-state index contributed by atoms with van der Waals surface area (Å²) in [6.07, 6.45) is 0. The lowest BCUT2D eigenvalue weighted by Gasteiger charge is -2.14. The molecular weight excluding hydrogens is 381 g/mol. The summed E-state index contributed by atoms with van der Waals surface area (Å²) in [5.74, 6) is 0.393. The van der Waals surface area contributed by atoms with Crippen LogP contribution in [0.25, 0.3) is 0 Å². The van der Waals surface area contributed by atoms with Gasteiger partial charge in [-0.2, -0.15) is 0 Å². The number of carbonyl (C=O) groups excluding carboxylic acids is 1. The first kappa shape index (κ1) is 19.7. The number of amides is 1. The van der Waals surface area contributed by atoms with Gasteiger partial charge < -0.3 is 14.8 Å². The van der Waals surface area contributed by atoms with Crippen LogP contribution in [0.1, 0.15) is 22.8 Å². The molecule has 4 nitrogen and oxygen atoms in total. The lowest BCUT2D eigenvalue weighted by molar-refractivity contribution is 0.102. The van der Waals surface area contributed by atoms with Gasteiger partial charge in [0.1, 0.15) is 23.9 Å². The lowest BCUT2D eigenvalue weighted by atomic mass is 10.1. The molecule has 6 heteroatoms. The van der Waals surface area contributed by atoms with E-state index in [2.05, 4.69) is 5.32 Å². The minimum Gasteiger partial charge on any atom is -0.493 e. The average molecular weight is 400 g/mol. The summed E-state index contributed by atoms with van der Waals surface area (Å²) in [5.41, 5.74) is 1.49. The molecule has 3 rings (SSSR count). The molecular formula is C22H19ClFNO3. The quantitative estimate of drug-likeness (QED) is 0.553. The molecule has 0 saturated heterocycles. The fraction of sp³-hybridized carbons (Fsp3) is 0.136. The molecule has 0 heterocycles. The first-order chi connectivity index (χ1) is 13.6. The Bertz CT molecular complexity index is 978. The van der Waals surface area contributed by atoms with Crippen LogP contribution in [0.5, 0.6) is 11.5 Å². The van der Waals surface area contributed by atoms with Crippen LogP contribution < -0.4 is 14.8 Å². The Balaban J connectivity index is 1.80. The Morgan fingerprint density at radius 1 is 1.00 bits per heavy atom. The summed E-state index contributed by atoms with van der Waals surface area (Å²) in [6.45, 7) is 2.54. The van der Waals surface area contributed by atoms with E-state index in [4.69, 9.17) is 21.1 Å². The summed E-state index contributed by atoms with van der Waals surface area (Å²) >= 11 is 6.13. The highest BCUT2D eigenvalue weighted by Crippen LogP contribution is 2.27. The molecule has 1 N–H and O–H groups in total. The maximum Gasteiger partial charge on any atom is 0.255 e. The molecule has 0 aromatic heterocycles. The standard InChI is InChI=1S/C22H19ClFNO3/c1-2-27-20-11-10-15(22(26)25-18-7-5-6-17(24)13-18)12-16(20)14-28-21-9-4-3-8-19(21)23/h3-13H,2,14H2,1H3,(H,25,26). The van der Waals surface area contributed by atoms with Crippen molar-refractivity contribution in [2.45, 2.75) is 13.5 Å². The fourth-order valence-electron chi connectivity index (χ4n) is 2.62. The third-order valence-corrected chi connectivity index (χ3v) is 4.24. The predicted molar refractivity (Wildman–Crippen MR) is 108 cm³/mol. The van der Waals surface area contributed by atoms with Gasteiger partial charge in [-0.1, -0.05) is 29.8 Å². The normalized spacial score (nSPS) is 10.4. The molecule has 28 heavy (non-hydrogen) atoms. The van der Waals surface area contributed by atoms with Crippen LogP contribution in [0.3, 0.4) is 0 Å². The van der Waals surface area contributed by atoms with Crippen LogP contribution in [-0.4, -0.2) is 12.5 Å². The minimum atomic E-state index is -0.418. The summed E-state index contributed by atoms with van der Waals surface area (Å²) in [6, 6.07) is 17.9. The Morgan fingerprint density at radius 3 is 2.57 bits per heavy atom. The van der Waals surface area contributed by atoms with E-state index in [9.17, 15) is 9.18 Å². The van der Waals surface area contributed by atoms with Gasteiger partial charge in [-0.15, -0.1) is 0 Å². The van der Waals surface area contributed by atoms with E-state index in [0.717, 1.165) is 0 Å². The van der Waals surface area contributed by atoms with Crippen molar-refractivity contribution in [1.82, 2.24) is 0 Å². The van der Waals surface area contributed by atoms with Crippen molar-refractivity contribution in [3.05, 3.63) is 88.7 Å². The molecule has 0 spiro atoms. The maximum absolute atomic E-state index is 13.3. The average Bonchev–Trinajstić information content (AvgIpc) is 2.68. The third-order valence-electron chi connectivity index (χ3n) is 3.92. The number of nitrogens with one attached hydrogen (secondary N) is 1. The number of hydrogen-bond donors (Lipinski definition) is 1. The van der Waals surface area contributed by atoms with Crippen molar-refractivity contribution in [3.63, 3.8) is 0 Å². The largest absolute Gasteiger partial charge is 0.493 e. The summed E-state index contributed by atoms with van der Waals surface area (Å²) in [5, 5.41) is 3.18. The van der Waals surface area contributed by atoms with Crippen molar-refractivity contribution in [1.29, 1.82) is 0 Å². The van der Waals surface area contributed by atoms with Crippen molar-refractivity contribution in [2.75, 3.05) is 11.9 Å². The number of anilines is 1. The first-order valence-electron chi connectivity index (χ1n) is 8.77. The van der Waals surface area contributed by atoms with Gasteiger partial charge in [0.15, 0.2) is 0 Å². The van der Waals surface area contributed by atoms with E-state index in [1.807, 2.05) is 19.1 Å². The molecule has 0 fully saturated rings. The topological polar surface area (TPSA) is 47.6 Å². The second-order valence-electron chi connectivity index (χ2n) is 5.94. The van der Waals surface area contributed by atoms with E-state index in [1.54, 1.807) is 36.4 Å². The summed E-state index contributed by atoms with van der Waals surface area (Å²) < 4.78 is 24.7. The predicted octanol–water partition coefficient (Wildman–Crippen LogP) is 5.71. The summed E-state index contributed by atoms with van der Waals surface area (Å²) in [7, 11) is 0. The minimum absolute atomic E-state index is 0.181. The number of benzene rings is 3. The van der Waals surface area contributed by atoms with E-state index < -0.39 is 5.82 Å². The van der Waals surface area contributed by atoms with Gasteiger partial charge in [-0.25, -0.2) is 4.39 Å². The molecule has 144 valence electrons. The highest BCUT2D eigenvalue weighted by molar-refractivity contribution is 6.32. The van der Waals surface area contributed by atoms with Gasteiger partial charge >= 0.3 is 0 Å². The van der Waals surface area contributed by atoms with Gasteiger partial charge in [0.05, 0.1) is 11.6 Å². The fourth-order valence-corrected chi connectivity index (χ4v) is 2.81. The van der Waals surface area contributed by atoms with Crippen molar-refractivity contribution >= 4 is 23.2 Å². The van der Waals surface area contributed by atoms with Crippen molar-refractivity contribution in [2.24, 2.45) is 0 Å². The number of carbonyl (C=O) groups is 1. The highest BCUT2D eigenvalue weighted by Gasteiger charge is 2.12. The zero-order chi connectivity index (χ0) is 19.9. The van der Waals surface area contributed by atoms with Gasteiger partial charge in [0.25, 0.3) is 5.91 Å². The molecule has 0 bridgehead atoms.